The summed E-state index contributed by atoms with van der Waals surface area (Å²) in [6, 6.07) is 1.42. The summed E-state index contributed by atoms with van der Waals surface area (Å²) in [6.07, 6.45) is 2.74. The quantitative estimate of drug-likeness (QED) is 0.644. The molecule has 0 bridgehead atoms. The molecule has 7 heteroatoms. The highest BCUT2D eigenvalue weighted by molar-refractivity contribution is 7.16. The summed E-state index contributed by atoms with van der Waals surface area (Å²) in [5.74, 6) is 0. The lowest BCUT2D eigenvalue weighted by Gasteiger charge is -2.28. The Balaban J connectivity index is 2.23. The zero-order valence-electron chi connectivity index (χ0n) is 11.7. The van der Waals surface area contributed by atoms with Gasteiger partial charge in [-0.25, -0.2) is 0 Å². The van der Waals surface area contributed by atoms with Crippen molar-refractivity contribution in [3.8, 4) is 0 Å². The Bertz CT molecular complexity index is 495. The Morgan fingerprint density at radius 3 is 2.65 bits per heavy atom. The van der Waals surface area contributed by atoms with Crippen LogP contribution in [0.1, 0.15) is 43.6 Å². The maximum Gasteiger partial charge on any atom is 0.304 e. The number of thiophene rings is 1. The van der Waals surface area contributed by atoms with Crippen molar-refractivity contribution in [2.45, 2.75) is 44.3 Å². The third kappa shape index (κ3) is 3.11. The van der Waals surface area contributed by atoms with Crippen molar-refractivity contribution in [1.82, 2.24) is 0 Å². The van der Waals surface area contributed by atoms with Gasteiger partial charge in [0, 0.05) is 24.5 Å². The van der Waals surface area contributed by atoms with Crippen LogP contribution in [0.2, 0.25) is 0 Å². The highest BCUT2D eigenvalue weighted by Gasteiger charge is 2.34. The van der Waals surface area contributed by atoms with Crippen LogP contribution in [-0.2, 0) is 0 Å². The van der Waals surface area contributed by atoms with Crippen molar-refractivity contribution >= 4 is 22.0 Å². The van der Waals surface area contributed by atoms with Gasteiger partial charge in [0.2, 0.25) is 0 Å². The van der Waals surface area contributed by atoms with Gasteiger partial charge in [0.05, 0.1) is 16.6 Å². The molecule has 1 aromatic heterocycles. The van der Waals surface area contributed by atoms with E-state index in [1.165, 1.54) is 17.4 Å². The summed E-state index contributed by atoms with van der Waals surface area (Å²) in [5.41, 5.74) is -0.757. The van der Waals surface area contributed by atoms with E-state index in [9.17, 15) is 20.3 Å². The fourth-order valence-corrected chi connectivity index (χ4v) is 3.73. The first-order valence-corrected chi connectivity index (χ1v) is 7.54. The van der Waals surface area contributed by atoms with E-state index in [1.807, 2.05) is 0 Å². The molecular weight excluding hydrogens is 280 g/mol. The summed E-state index contributed by atoms with van der Waals surface area (Å²) < 4.78 is 0. The van der Waals surface area contributed by atoms with Crippen molar-refractivity contribution in [3.63, 3.8) is 0 Å². The van der Waals surface area contributed by atoms with Crippen LogP contribution in [-0.4, -0.2) is 34.3 Å². The number of rotatable bonds is 5. The smallest absolute Gasteiger partial charge is 0.304 e. The normalized spacial score (nSPS) is 19.0. The molecule has 0 radical (unpaired) electrons. The van der Waals surface area contributed by atoms with E-state index < -0.39 is 16.6 Å². The minimum absolute atomic E-state index is 0.00463. The average molecular weight is 300 g/mol. The molecule has 112 valence electrons. The van der Waals surface area contributed by atoms with Crippen LogP contribution in [0.4, 0.5) is 10.7 Å². The van der Waals surface area contributed by atoms with Gasteiger partial charge < -0.3 is 15.1 Å². The Hall–Kier alpha value is -1.18. The SMILES string of the molecule is C[C@H](O)c1cc([N+](=O)[O-])c(N(C)CC2(O)CCCC2)s1. The molecule has 1 fully saturated rings. The predicted molar refractivity (Wildman–Crippen MR) is 78.3 cm³/mol. The van der Waals surface area contributed by atoms with Gasteiger partial charge in [-0.05, 0) is 19.8 Å². The number of anilines is 1. The van der Waals surface area contributed by atoms with Gasteiger partial charge in [0.1, 0.15) is 0 Å². The molecule has 20 heavy (non-hydrogen) atoms. The summed E-state index contributed by atoms with van der Waals surface area (Å²) in [6.45, 7) is 1.97. The average Bonchev–Trinajstić information content (AvgIpc) is 2.95. The Morgan fingerprint density at radius 2 is 2.15 bits per heavy atom. The van der Waals surface area contributed by atoms with Gasteiger partial charge in [0.15, 0.2) is 5.00 Å². The highest BCUT2D eigenvalue weighted by Crippen LogP contribution is 2.41. The molecule has 0 aliphatic heterocycles. The molecule has 6 nitrogen and oxygen atoms in total. The van der Waals surface area contributed by atoms with Crippen molar-refractivity contribution in [2.75, 3.05) is 18.5 Å². The number of hydrogen-bond acceptors (Lipinski definition) is 6. The fourth-order valence-electron chi connectivity index (χ4n) is 2.70. The molecule has 1 aliphatic carbocycles. The molecule has 1 aliphatic rings. The number of aliphatic hydroxyl groups excluding tert-OH is 1. The van der Waals surface area contributed by atoms with E-state index in [4.69, 9.17) is 0 Å². The maximum absolute atomic E-state index is 11.1. The molecule has 0 unspecified atom stereocenters. The molecule has 1 saturated carbocycles. The minimum atomic E-state index is -0.752. The Labute approximate surface area is 121 Å². The molecule has 0 saturated heterocycles. The lowest BCUT2D eigenvalue weighted by molar-refractivity contribution is -0.383. The predicted octanol–water partition coefficient (Wildman–Crippen LogP) is 2.45. The molecular formula is C13H20N2O4S. The Kier molecular flexibility index (Phi) is 4.31. The first kappa shape index (κ1) is 15.2. The number of nitrogens with zero attached hydrogens (tertiary/aromatic N) is 2. The van der Waals surface area contributed by atoms with Crippen LogP contribution in [0.5, 0.6) is 0 Å². The van der Waals surface area contributed by atoms with E-state index in [1.54, 1.807) is 18.9 Å². The summed E-state index contributed by atoms with van der Waals surface area (Å²) in [5, 5.41) is 31.6. The highest BCUT2D eigenvalue weighted by atomic mass is 32.1. The lowest BCUT2D eigenvalue weighted by Crippen LogP contribution is -2.39. The van der Waals surface area contributed by atoms with E-state index in [0.717, 1.165) is 25.7 Å². The van der Waals surface area contributed by atoms with Crippen molar-refractivity contribution in [2.24, 2.45) is 0 Å². The van der Waals surface area contributed by atoms with Crippen LogP contribution >= 0.6 is 11.3 Å². The second-order valence-corrected chi connectivity index (χ2v) is 6.62. The van der Waals surface area contributed by atoms with Crippen molar-refractivity contribution in [1.29, 1.82) is 0 Å². The lowest BCUT2D eigenvalue weighted by atomic mass is 10.0. The first-order valence-electron chi connectivity index (χ1n) is 6.72. The summed E-state index contributed by atoms with van der Waals surface area (Å²) in [4.78, 5) is 13.0. The van der Waals surface area contributed by atoms with Crippen molar-refractivity contribution in [3.05, 3.63) is 21.1 Å². The number of likely N-dealkylation sites (N-methyl/N-ethyl adjacent to an activating group) is 1. The monoisotopic (exact) mass is 300 g/mol. The first-order chi connectivity index (χ1) is 9.32. The van der Waals surface area contributed by atoms with Gasteiger partial charge in [-0.3, -0.25) is 10.1 Å². The van der Waals surface area contributed by atoms with E-state index >= 15 is 0 Å². The van der Waals surface area contributed by atoms with Crippen molar-refractivity contribution < 1.29 is 15.1 Å². The number of hydrogen-bond donors (Lipinski definition) is 2. The molecule has 1 heterocycles. The topological polar surface area (TPSA) is 86.8 Å². The minimum Gasteiger partial charge on any atom is -0.388 e. The molecule has 0 spiro atoms. The molecule has 0 amide bonds. The van der Waals surface area contributed by atoms with Crippen LogP contribution < -0.4 is 4.90 Å². The van der Waals surface area contributed by atoms with Crippen LogP contribution in [0.15, 0.2) is 6.07 Å². The van der Waals surface area contributed by atoms with Gasteiger partial charge >= 0.3 is 5.69 Å². The second-order valence-electron chi connectivity index (χ2n) is 5.56. The molecule has 1 atom stereocenters. The van der Waals surface area contributed by atoms with E-state index in [-0.39, 0.29) is 5.69 Å². The zero-order chi connectivity index (χ0) is 14.9. The molecule has 2 rings (SSSR count). The van der Waals surface area contributed by atoms with Gasteiger partial charge in [-0.1, -0.05) is 12.8 Å². The number of nitro groups is 1. The largest absolute Gasteiger partial charge is 0.388 e. The molecule has 1 aromatic rings. The molecule has 0 aromatic carbocycles. The zero-order valence-corrected chi connectivity index (χ0v) is 12.5. The fraction of sp³-hybridized carbons (Fsp3) is 0.692. The van der Waals surface area contributed by atoms with Crippen LogP contribution in [0.3, 0.4) is 0 Å². The molecule has 2 N–H and O–H groups in total. The van der Waals surface area contributed by atoms with Gasteiger partial charge in [-0.15, -0.1) is 11.3 Å². The summed E-state index contributed by atoms with van der Waals surface area (Å²) >= 11 is 1.21. The van der Waals surface area contributed by atoms with Gasteiger partial charge in [-0.2, -0.15) is 0 Å². The standard InChI is InChI=1S/C13H20N2O4S/c1-9(16)11-7-10(15(18)19)12(20-11)14(2)8-13(17)5-3-4-6-13/h7,9,16-17H,3-6,8H2,1-2H3/t9-/m0/s1. The van der Waals surface area contributed by atoms with E-state index in [2.05, 4.69) is 0 Å². The summed E-state index contributed by atoms with van der Waals surface area (Å²) in [7, 11) is 1.75. The third-order valence-electron chi connectivity index (χ3n) is 3.73. The maximum atomic E-state index is 11.1. The van der Waals surface area contributed by atoms with Crippen LogP contribution in [0.25, 0.3) is 0 Å². The van der Waals surface area contributed by atoms with E-state index in [0.29, 0.717) is 16.4 Å². The van der Waals surface area contributed by atoms with Gasteiger partial charge in [0.25, 0.3) is 0 Å². The second kappa shape index (κ2) is 5.67. The van der Waals surface area contributed by atoms with Crippen LogP contribution in [0, 0.1) is 10.1 Å². The Morgan fingerprint density at radius 1 is 1.55 bits per heavy atom. The number of aliphatic hydroxyl groups is 2. The third-order valence-corrected chi connectivity index (χ3v) is 5.14.